The van der Waals surface area contributed by atoms with Gasteiger partial charge in [0.15, 0.2) is 0 Å². The predicted molar refractivity (Wildman–Crippen MR) is 105 cm³/mol. The smallest absolute Gasteiger partial charge is 0.231 e. The summed E-state index contributed by atoms with van der Waals surface area (Å²) in [4.78, 5) is 12.6. The number of halogens is 2. The SMILES string of the molecule is Cc1c(Cl)cccc1NC(=O)[C@H](C)c1ccc(-c2ccccc2)c(F)c1. The number of nitrogens with one attached hydrogen (secondary N) is 1. The number of carbonyl (C=O) groups excluding carboxylic acids is 1. The molecule has 0 saturated carbocycles. The lowest BCUT2D eigenvalue weighted by molar-refractivity contribution is -0.117. The van der Waals surface area contributed by atoms with E-state index in [0.717, 1.165) is 11.1 Å². The Labute approximate surface area is 157 Å². The molecule has 0 aliphatic heterocycles. The maximum Gasteiger partial charge on any atom is 0.231 e. The van der Waals surface area contributed by atoms with Gasteiger partial charge in [-0.05, 0) is 48.7 Å². The van der Waals surface area contributed by atoms with Crippen LogP contribution in [0.25, 0.3) is 11.1 Å². The summed E-state index contributed by atoms with van der Waals surface area (Å²) >= 11 is 6.09. The van der Waals surface area contributed by atoms with Crippen LogP contribution in [0.2, 0.25) is 5.02 Å². The van der Waals surface area contributed by atoms with E-state index in [4.69, 9.17) is 11.6 Å². The van der Waals surface area contributed by atoms with Gasteiger partial charge in [0.25, 0.3) is 0 Å². The molecule has 0 aliphatic carbocycles. The molecule has 1 amide bonds. The zero-order valence-electron chi connectivity index (χ0n) is 14.6. The van der Waals surface area contributed by atoms with E-state index in [2.05, 4.69) is 5.32 Å². The number of amides is 1. The van der Waals surface area contributed by atoms with Crippen molar-refractivity contribution in [2.45, 2.75) is 19.8 Å². The average Bonchev–Trinajstić information content (AvgIpc) is 2.65. The van der Waals surface area contributed by atoms with Crippen LogP contribution in [0.15, 0.2) is 66.7 Å². The molecule has 3 aromatic carbocycles. The summed E-state index contributed by atoms with van der Waals surface area (Å²) in [5.74, 6) is -1.04. The van der Waals surface area contributed by atoms with Crippen LogP contribution in [0.4, 0.5) is 10.1 Å². The topological polar surface area (TPSA) is 29.1 Å². The fourth-order valence-corrected chi connectivity index (χ4v) is 2.96. The monoisotopic (exact) mass is 367 g/mol. The highest BCUT2D eigenvalue weighted by atomic mass is 35.5. The number of benzene rings is 3. The van der Waals surface area contributed by atoms with Crippen molar-refractivity contribution in [1.82, 2.24) is 0 Å². The molecule has 0 radical (unpaired) electrons. The van der Waals surface area contributed by atoms with Crippen molar-refractivity contribution in [2.24, 2.45) is 0 Å². The van der Waals surface area contributed by atoms with Gasteiger partial charge in [-0.25, -0.2) is 4.39 Å². The highest BCUT2D eigenvalue weighted by molar-refractivity contribution is 6.31. The summed E-state index contributed by atoms with van der Waals surface area (Å²) in [5.41, 5.74) is 3.42. The van der Waals surface area contributed by atoms with Crippen LogP contribution in [0, 0.1) is 12.7 Å². The molecule has 0 bridgehead atoms. The third-order valence-electron chi connectivity index (χ3n) is 4.50. The van der Waals surface area contributed by atoms with Crippen molar-refractivity contribution in [3.8, 4) is 11.1 Å². The van der Waals surface area contributed by atoms with Gasteiger partial charge in [0.2, 0.25) is 5.91 Å². The Hall–Kier alpha value is -2.65. The minimum Gasteiger partial charge on any atom is -0.325 e. The molecule has 26 heavy (non-hydrogen) atoms. The first kappa shape index (κ1) is 18.2. The molecule has 0 spiro atoms. The van der Waals surface area contributed by atoms with E-state index in [1.54, 1.807) is 37.3 Å². The number of anilines is 1. The highest BCUT2D eigenvalue weighted by Crippen LogP contribution is 2.28. The summed E-state index contributed by atoms with van der Waals surface area (Å²) in [5, 5.41) is 3.46. The Morgan fingerprint density at radius 2 is 1.77 bits per heavy atom. The third-order valence-corrected chi connectivity index (χ3v) is 4.91. The summed E-state index contributed by atoms with van der Waals surface area (Å²) in [6.07, 6.45) is 0. The first-order valence-electron chi connectivity index (χ1n) is 8.38. The van der Waals surface area contributed by atoms with Crippen LogP contribution in [0.1, 0.15) is 24.0 Å². The van der Waals surface area contributed by atoms with Crippen molar-refractivity contribution < 1.29 is 9.18 Å². The third kappa shape index (κ3) is 3.78. The molecule has 0 heterocycles. The molecular weight excluding hydrogens is 349 g/mol. The first-order valence-corrected chi connectivity index (χ1v) is 8.76. The lowest BCUT2D eigenvalue weighted by Crippen LogP contribution is -2.19. The molecule has 132 valence electrons. The minimum atomic E-state index is -0.493. The van der Waals surface area contributed by atoms with Gasteiger partial charge in [-0.1, -0.05) is 60.1 Å². The molecule has 0 aromatic heterocycles. The van der Waals surface area contributed by atoms with Crippen LogP contribution in [0.5, 0.6) is 0 Å². The summed E-state index contributed by atoms with van der Waals surface area (Å²) in [6, 6.07) is 19.6. The van der Waals surface area contributed by atoms with E-state index in [0.29, 0.717) is 21.8 Å². The Kier molecular flexibility index (Phi) is 5.38. The molecule has 0 saturated heterocycles. The number of rotatable bonds is 4. The molecule has 3 aromatic rings. The van der Waals surface area contributed by atoms with Gasteiger partial charge in [0, 0.05) is 16.3 Å². The second kappa shape index (κ2) is 7.71. The zero-order valence-corrected chi connectivity index (χ0v) is 15.3. The molecule has 0 unspecified atom stereocenters. The van der Waals surface area contributed by atoms with Gasteiger partial charge >= 0.3 is 0 Å². The quantitative estimate of drug-likeness (QED) is 0.584. The Morgan fingerprint density at radius 1 is 1.04 bits per heavy atom. The maximum absolute atomic E-state index is 14.6. The molecule has 0 fully saturated rings. The van der Waals surface area contributed by atoms with Gasteiger partial charge in [0.05, 0.1) is 5.92 Å². The molecule has 4 heteroatoms. The standard InChI is InChI=1S/C22H19ClFNO/c1-14(22(26)25-21-10-6-9-19(23)15(21)2)17-11-12-18(20(24)13-17)16-7-4-3-5-8-16/h3-14H,1-2H3,(H,25,26)/t14-/m1/s1. The molecule has 3 rings (SSSR count). The summed E-state index contributed by atoms with van der Waals surface area (Å²) < 4.78 is 14.6. The van der Waals surface area contributed by atoms with E-state index >= 15 is 0 Å². The van der Waals surface area contributed by atoms with Crippen molar-refractivity contribution in [3.05, 3.63) is 88.7 Å². The van der Waals surface area contributed by atoms with E-state index in [9.17, 15) is 9.18 Å². The van der Waals surface area contributed by atoms with Crippen molar-refractivity contribution in [1.29, 1.82) is 0 Å². The van der Waals surface area contributed by atoms with Crippen LogP contribution in [-0.2, 0) is 4.79 Å². The average molecular weight is 368 g/mol. The van der Waals surface area contributed by atoms with Crippen molar-refractivity contribution in [2.75, 3.05) is 5.32 Å². The highest BCUT2D eigenvalue weighted by Gasteiger charge is 2.18. The Balaban J connectivity index is 1.81. The normalized spacial score (nSPS) is 11.8. The molecule has 2 nitrogen and oxygen atoms in total. The van der Waals surface area contributed by atoms with Gasteiger partial charge in [-0.15, -0.1) is 0 Å². The molecule has 1 N–H and O–H groups in total. The lowest BCUT2D eigenvalue weighted by atomic mass is 9.96. The fourth-order valence-electron chi connectivity index (χ4n) is 2.79. The summed E-state index contributed by atoms with van der Waals surface area (Å²) in [6.45, 7) is 3.60. The Bertz CT molecular complexity index is 940. The van der Waals surface area contributed by atoms with Gasteiger partial charge < -0.3 is 5.32 Å². The second-order valence-corrected chi connectivity index (χ2v) is 6.64. The molecule has 1 atom stereocenters. The maximum atomic E-state index is 14.6. The minimum absolute atomic E-state index is 0.206. The van der Waals surface area contributed by atoms with Crippen LogP contribution >= 0.6 is 11.6 Å². The summed E-state index contributed by atoms with van der Waals surface area (Å²) in [7, 11) is 0. The van der Waals surface area contributed by atoms with E-state index in [-0.39, 0.29) is 11.7 Å². The molecular formula is C22H19ClFNO. The second-order valence-electron chi connectivity index (χ2n) is 6.23. The molecule has 0 aliphatic rings. The number of hydrogen-bond acceptors (Lipinski definition) is 1. The predicted octanol–water partition coefficient (Wildman–Crippen LogP) is 6.20. The van der Waals surface area contributed by atoms with E-state index in [1.807, 2.05) is 37.3 Å². The van der Waals surface area contributed by atoms with E-state index < -0.39 is 5.92 Å². The fraction of sp³-hybridized carbons (Fsp3) is 0.136. The van der Waals surface area contributed by atoms with Crippen LogP contribution < -0.4 is 5.32 Å². The van der Waals surface area contributed by atoms with Crippen molar-refractivity contribution >= 4 is 23.2 Å². The van der Waals surface area contributed by atoms with Crippen LogP contribution in [0.3, 0.4) is 0 Å². The van der Waals surface area contributed by atoms with Crippen LogP contribution in [-0.4, -0.2) is 5.91 Å². The first-order chi connectivity index (χ1) is 12.5. The van der Waals surface area contributed by atoms with E-state index in [1.165, 1.54) is 6.07 Å². The Morgan fingerprint density at radius 3 is 2.46 bits per heavy atom. The van der Waals surface area contributed by atoms with Crippen molar-refractivity contribution in [3.63, 3.8) is 0 Å². The largest absolute Gasteiger partial charge is 0.325 e. The number of hydrogen-bond donors (Lipinski definition) is 1. The zero-order chi connectivity index (χ0) is 18.7. The van der Waals surface area contributed by atoms with Gasteiger partial charge in [-0.3, -0.25) is 4.79 Å². The van der Waals surface area contributed by atoms with Gasteiger partial charge in [-0.2, -0.15) is 0 Å². The lowest BCUT2D eigenvalue weighted by Gasteiger charge is -2.15. The number of carbonyl (C=O) groups is 1. The van der Waals surface area contributed by atoms with Gasteiger partial charge in [0.1, 0.15) is 5.82 Å².